The first-order valence-electron chi connectivity index (χ1n) is 11.9. The van der Waals surface area contributed by atoms with Crippen LogP contribution >= 0.6 is 23.4 Å². The number of rotatable bonds is 8. The number of anilines is 2. The average Bonchev–Trinajstić information content (AvgIpc) is 3.35. The Morgan fingerprint density at radius 2 is 1.75 bits per heavy atom. The van der Waals surface area contributed by atoms with Gasteiger partial charge in [0.25, 0.3) is 5.91 Å². The first-order chi connectivity index (χ1) is 19.1. The number of hydrogen-bond donors (Lipinski definition) is 2. The number of nitrogens with zero attached hydrogens (tertiary/aromatic N) is 3. The standard InChI is InChI=1S/C27H22ClF2N5O3S2/c1-16-22(24(36)32-20-11-9-19(28)10-12-20)23(18-7-13-21(14-8-18)40(37,38)25(29)30)35-26(31-16)33-27(34-35)39-15-17-5-3-2-4-6-17/h2-14,23,25H,15H2,1H3,(H,32,36)(H,31,33,34)/t23-/m0/s1. The van der Waals surface area contributed by atoms with Gasteiger partial charge < -0.3 is 10.6 Å². The van der Waals surface area contributed by atoms with Gasteiger partial charge >= 0.3 is 5.76 Å². The number of carbonyl (C=O) groups is 1. The Hall–Kier alpha value is -3.74. The molecule has 3 aromatic carbocycles. The molecule has 5 rings (SSSR count). The van der Waals surface area contributed by atoms with Crippen LogP contribution in [-0.2, 0) is 20.4 Å². The number of fused-ring (bicyclic) bond motifs is 1. The van der Waals surface area contributed by atoms with E-state index < -0.39 is 32.4 Å². The summed E-state index contributed by atoms with van der Waals surface area (Å²) < 4.78 is 51.7. The van der Waals surface area contributed by atoms with Crippen LogP contribution in [0.2, 0.25) is 5.02 Å². The van der Waals surface area contributed by atoms with E-state index in [9.17, 15) is 22.0 Å². The third kappa shape index (κ3) is 5.74. The number of thioether (sulfide) groups is 1. The number of allylic oxidation sites excluding steroid dienone is 1. The van der Waals surface area contributed by atoms with E-state index in [1.54, 1.807) is 31.2 Å². The van der Waals surface area contributed by atoms with Crippen molar-refractivity contribution in [1.29, 1.82) is 0 Å². The second-order valence-corrected chi connectivity index (χ2v) is 12.1. The number of amides is 1. The van der Waals surface area contributed by atoms with E-state index in [-0.39, 0.29) is 5.57 Å². The van der Waals surface area contributed by atoms with Crippen LogP contribution in [0.5, 0.6) is 0 Å². The van der Waals surface area contributed by atoms with E-state index in [4.69, 9.17) is 11.6 Å². The molecule has 206 valence electrons. The average molecular weight is 602 g/mol. The predicted octanol–water partition coefficient (Wildman–Crippen LogP) is 6.15. The topological polar surface area (TPSA) is 106 Å². The Balaban J connectivity index is 1.52. The zero-order valence-electron chi connectivity index (χ0n) is 20.9. The number of nitrogens with one attached hydrogen (secondary N) is 2. The van der Waals surface area contributed by atoms with Gasteiger partial charge in [-0.3, -0.25) is 4.79 Å². The summed E-state index contributed by atoms with van der Waals surface area (Å²) in [7, 11) is -4.79. The number of benzene rings is 3. The third-order valence-electron chi connectivity index (χ3n) is 6.15. The van der Waals surface area contributed by atoms with Crippen LogP contribution < -0.4 is 10.6 Å². The minimum absolute atomic E-state index is 0.288. The fourth-order valence-corrected chi connectivity index (χ4v) is 5.82. The van der Waals surface area contributed by atoms with Crippen molar-refractivity contribution in [3.05, 3.63) is 106 Å². The van der Waals surface area contributed by atoms with Gasteiger partial charge in [0.2, 0.25) is 20.9 Å². The van der Waals surface area contributed by atoms with Gasteiger partial charge in [-0.15, -0.1) is 5.10 Å². The molecule has 2 N–H and O–H groups in total. The maximum absolute atomic E-state index is 13.6. The van der Waals surface area contributed by atoms with E-state index in [0.717, 1.165) is 17.7 Å². The molecule has 0 fully saturated rings. The van der Waals surface area contributed by atoms with Gasteiger partial charge in [0, 0.05) is 22.2 Å². The molecule has 13 heteroatoms. The third-order valence-corrected chi connectivity index (χ3v) is 8.71. The van der Waals surface area contributed by atoms with Crippen LogP contribution in [0.25, 0.3) is 0 Å². The molecule has 0 saturated heterocycles. The van der Waals surface area contributed by atoms with Crippen LogP contribution in [0, 0.1) is 0 Å². The molecule has 0 unspecified atom stereocenters. The lowest BCUT2D eigenvalue weighted by Gasteiger charge is -2.28. The van der Waals surface area contributed by atoms with Gasteiger partial charge in [-0.1, -0.05) is 65.8 Å². The number of carbonyl (C=O) groups excluding carboxylic acids is 1. The highest BCUT2D eigenvalue weighted by atomic mass is 35.5. The first-order valence-corrected chi connectivity index (χ1v) is 14.8. The molecule has 0 saturated carbocycles. The van der Waals surface area contributed by atoms with Gasteiger partial charge in [0.15, 0.2) is 0 Å². The number of hydrogen-bond acceptors (Lipinski definition) is 7. The lowest BCUT2D eigenvalue weighted by atomic mass is 9.95. The van der Waals surface area contributed by atoms with Crippen LogP contribution in [0.3, 0.4) is 0 Å². The predicted molar refractivity (Wildman–Crippen MR) is 150 cm³/mol. The smallest absolute Gasteiger partial charge is 0.328 e. The molecule has 1 atom stereocenters. The van der Waals surface area contributed by atoms with Crippen LogP contribution in [-0.4, -0.2) is 34.8 Å². The molecular weight excluding hydrogens is 580 g/mol. The second kappa shape index (κ2) is 11.4. The Labute approximate surface area is 238 Å². The molecule has 0 bridgehead atoms. The molecule has 1 amide bonds. The molecule has 1 aliphatic heterocycles. The maximum atomic E-state index is 13.6. The summed E-state index contributed by atoms with van der Waals surface area (Å²) in [5.74, 6) is -3.00. The summed E-state index contributed by atoms with van der Waals surface area (Å²) in [6, 6.07) is 20.6. The molecule has 0 radical (unpaired) electrons. The van der Waals surface area contributed by atoms with E-state index in [2.05, 4.69) is 20.7 Å². The molecule has 40 heavy (non-hydrogen) atoms. The number of halogens is 3. The normalized spacial score (nSPS) is 15.1. The molecule has 1 aliphatic rings. The van der Waals surface area contributed by atoms with Crippen molar-refractivity contribution < 1.29 is 22.0 Å². The molecule has 0 spiro atoms. The second-order valence-electron chi connectivity index (χ2n) is 8.84. The van der Waals surface area contributed by atoms with Crippen molar-refractivity contribution in [3.63, 3.8) is 0 Å². The highest BCUT2D eigenvalue weighted by Crippen LogP contribution is 2.37. The van der Waals surface area contributed by atoms with Crippen LogP contribution in [0.1, 0.15) is 24.1 Å². The maximum Gasteiger partial charge on any atom is 0.341 e. The first kappa shape index (κ1) is 27.8. The van der Waals surface area contributed by atoms with Gasteiger partial charge in [0.1, 0.15) is 6.04 Å². The van der Waals surface area contributed by atoms with E-state index >= 15 is 0 Å². The molecular formula is C27H22ClF2N5O3S2. The number of aromatic nitrogens is 3. The quantitative estimate of drug-likeness (QED) is 0.233. The highest BCUT2D eigenvalue weighted by molar-refractivity contribution is 7.98. The Bertz CT molecular complexity index is 1680. The molecule has 8 nitrogen and oxygen atoms in total. The highest BCUT2D eigenvalue weighted by Gasteiger charge is 2.35. The molecule has 1 aromatic heterocycles. The SMILES string of the molecule is CC1=C(C(=O)Nc2ccc(Cl)cc2)[C@H](c2ccc(S(=O)(=O)C(F)F)cc2)n2nc(SCc3ccccc3)nc2N1. The van der Waals surface area contributed by atoms with Gasteiger partial charge in [0.05, 0.1) is 10.5 Å². The number of alkyl halides is 2. The summed E-state index contributed by atoms with van der Waals surface area (Å²) in [6.07, 6.45) is 0. The van der Waals surface area contributed by atoms with Crippen molar-refractivity contribution in [2.24, 2.45) is 0 Å². The Morgan fingerprint density at radius 1 is 1.07 bits per heavy atom. The minimum atomic E-state index is -4.79. The summed E-state index contributed by atoms with van der Waals surface area (Å²) in [5, 5.41) is 11.6. The molecule has 4 aromatic rings. The van der Waals surface area contributed by atoms with Gasteiger partial charge in [-0.2, -0.15) is 13.8 Å². The zero-order chi connectivity index (χ0) is 28.4. The Kier molecular flexibility index (Phi) is 7.92. The van der Waals surface area contributed by atoms with E-state index in [0.29, 0.717) is 38.8 Å². The fourth-order valence-electron chi connectivity index (χ4n) is 4.19. The van der Waals surface area contributed by atoms with Crippen molar-refractivity contribution in [3.8, 4) is 0 Å². The zero-order valence-corrected chi connectivity index (χ0v) is 23.3. The summed E-state index contributed by atoms with van der Waals surface area (Å²) in [6.45, 7) is 1.72. The fraction of sp³-hybridized carbons (Fsp3) is 0.148. The molecule has 2 heterocycles. The van der Waals surface area contributed by atoms with Crippen LogP contribution in [0.15, 0.2) is 100 Å². The van der Waals surface area contributed by atoms with Crippen molar-refractivity contribution >= 4 is 50.7 Å². The lowest BCUT2D eigenvalue weighted by Crippen LogP contribution is -2.31. The largest absolute Gasteiger partial charge is 0.341 e. The Morgan fingerprint density at radius 3 is 2.40 bits per heavy atom. The van der Waals surface area contributed by atoms with Gasteiger partial charge in [-0.05, 0) is 54.4 Å². The monoisotopic (exact) mass is 601 g/mol. The minimum Gasteiger partial charge on any atom is -0.328 e. The summed E-state index contributed by atoms with van der Waals surface area (Å²) in [5.41, 5.74) is 2.84. The van der Waals surface area contributed by atoms with Crippen molar-refractivity contribution in [2.75, 3.05) is 10.6 Å². The number of sulfone groups is 1. The van der Waals surface area contributed by atoms with Crippen molar-refractivity contribution in [2.45, 2.75) is 34.5 Å². The summed E-state index contributed by atoms with van der Waals surface area (Å²) >= 11 is 7.38. The van der Waals surface area contributed by atoms with E-state index in [1.807, 2.05) is 30.3 Å². The lowest BCUT2D eigenvalue weighted by molar-refractivity contribution is -0.113. The van der Waals surface area contributed by atoms with Crippen molar-refractivity contribution in [1.82, 2.24) is 14.8 Å². The molecule has 0 aliphatic carbocycles. The van der Waals surface area contributed by atoms with Gasteiger partial charge in [-0.25, -0.2) is 13.1 Å². The summed E-state index contributed by atoms with van der Waals surface area (Å²) in [4.78, 5) is 17.7. The van der Waals surface area contributed by atoms with E-state index in [1.165, 1.54) is 28.6 Å². The van der Waals surface area contributed by atoms with Crippen LogP contribution in [0.4, 0.5) is 20.4 Å².